The first-order valence-electron chi connectivity index (χ1n) is 18.0. The third-order valence-electron chi connectivity index (χ3n) is 9.38. The maximum atomic E-state index is 14.6. The SMILES string of the molecule is C=CCNC(=O)C(=O)[C@@H](CCC(F)(F)F)NC(=O)[C@@H]1C[C@@H](OC(C)(C)C)CN1C(=O)[C@@H](NC(=O)N[C@H](CN(C)S(C)(=O)=O)C(C)(C)C)C1CCCCC1. The molecule has 14 nitrogen and oxygen atoms in total. The average molecular weight is 781 g/mol. The summed E-state index contributed by atoms with van der Waals surface area (Å²) in [6, 6.07) is -5.67. The minimum Gasteiger partial charge on any atom is -0.371 e. The Hall–Kier alpha value is -3.25. The molecule has 4 N–H and O–H groups in total. The van der Waals surface area contributed by atoms with Crippen molar-refractivity contribution in [1.82, 2.24) is 30.5 Å². The zero-order valence-electron chi connectivity index (χ0n) is 32.2. The number of likely N-dealkylation sites (tertiary alicyclic amines) is 1. The second kappa shape index (κ2) is 18.9. The van der Waals surface area contributed by atoms with Crippen LogP contribution < -0.4 is 21.3 Å². The summed E-state index contributed by atoms with van der Waals surface area (Å²) < 4.78 is 71.3. The van der Waals surface area contributed by atoms with Gasteiger partial charge < -0.3 is 30.9 Å². The molecule has 0 spiro atoms. The van der Waals surface area contributed by atoms with E-state index in [2.05, 4.69) is 27.8 Å². The molecule has 5 amide bonds. The average Bonchev–Trinajstić information content (AvgIpc) is 3.44. The highest BCUT2D eigenvalue weighted by Crippen LogP contribution is 2.32. The summed E-state index contributed by atoms with van der Waals surface area (Å²) in [7, 11) is -2.18. The molecule has 2 fully saturated rings. The minimum absolute atomic E-state index is 0.0438. The number of amides is 5. The van der Waals surface area contributed by atoms with E-state index in [0.29, 0.717) is 12.8 Å². The van der Waals surface area contributed by atoms with Gasteiger partial charge in [0.2, 0.25) is 27.6 Å². The molecule has 2 aliphatic rings. The van der Waals surface area contributed by atoms with Gasteiger partial charge in [0, 0.05) is 45.6 Å². The van der Waals surface area contributed by atoms with Gasteiger partial charge in [-0.05, 0) is 51.4 Å². The zero-order valence-corrected chi connectivity index (χ0v) is 33.0. The van der Waals surface area contributed by atoms with Crippen molar-refractivity contribution in [3.05, 3.63) is 12.7 Å². The van der Waals surface area contributed by atoms with E-state index in [9.17, 15) is 45.6 Å². The molecule has 1 aliphatic heterocycles. The molecule has 304 valence electrons. The number of sulfonamides is 1. The molecule has 1 aliphatic carbocycles. The molecule has 0 aromatic rings. The van der Waals surface area contributed by atoms with Crippen LogP contribution in [0.3, 0.4) is 0 Å². The van der Waals surface area contributed by atoms with Crippen LogP contribution in [0.4, 0.5) is 18.0 Å². The highest BCUT2D eigenvalue weighted by Gasteiger charge is 2.46. The van der Waals surface area contributed by atoms with Crippen LogP contribution in [-0.4, -0.2) is 122 Å². The summed E-state index contributed by atoms with van der Waals surface area (Å²) in [5, 5.41) is 10.2. The normalized spacial score (nSPS) is 20.6. The Labute approximate surface area is 311 Å². The summed E-state index contributed by atoms with van der Waals surface area (Å²) in [6.07, 6.45) is -1.78. The van der Waals surface area contributed by atoms with E-state index in [0.717, 1.165) is 29.8 Å². The Morgan fingerprint density at radius 1 is 0.981 bits per heavy atom. The molecular formula is C35H59F3N6O8S. The quantitative estimate of drug-likeness (QED) is 0.136. The number of nitrogens with one attached hydrogen (secondary N) is 4. The number of ether oxygens (including phenoxy) is 1. The fraction of sp³-hybridized carbons (Fsp3) is 0.800. The maximum absolute atomic E-state index is 14.6. The molecule has 0 aromatic carbocycles. The molecule has 0 unspecified atom stereocenters. The molecule has 0 radical (unpaired) electrons. The van der Waals surface area contributed by atoms with Gasteiger partial charge in [0.25, 0.3) is 5.91 Å². The van der Waals surface area contributed by atoms with Crippen LogP contribution in [0.1, 0.15) is 92.9 Å². The lowest BCUT2D eigenvalue weighted by Gasteiger charge is -2.37. The molecule has 18 heteroatoms. The molecule has 0 bridgehead atoms. The molecule has 2 rings (SSSR count). The van der Waals surface area contributed by atoms with Crippen LogP contribution >= 0.6 is 0 Å². The molecular weight excluding hydrogens is 721 g/mol. The van der Waals surface area contributed by atoms with Gasteiger partial charge in [-0.2, -0.15) is 13.2 Å². The van der Waals surface area contributed by atoms with Crippen molar-refractivity contribution in [1.29, 1.82) is 0 Å². The topological polar surface area (TPSA) is 183 Å². The maximum Gasteiger partial charge on any atom is 0.389 e. The highest BCUT2D eigenvalue weighted by atomic mass is 32.2. The van der Waals surface area contributed by atoms with Crippen molar-refractivity contribution in [2.75, 3.05) is 32.9 Å². The number of urea groups is 1. The van der Waals surface area contributed by atoms with Gasteiger partial charge in [0.15, 0.2) is 0 Å². The summed E-state index contributed by atoms with van der Waals surface area (Å²) in [5.74, 6) is -4.37. The molecule has 5 atom stereocenters. The van der Waals surface area contributed by atoms with Crippen LogP contribution in [0, 0.1) is 11.3 Å². The third kappa shape index (κ3) is 15.2. The monoisotopic (exact) mass is 780 g/mol. The van der Waals surface area contributed by atoms with Crippen LogP contribution in [0.25, 0.3) is 0 Å². The molecule has 1 saturated carbocycles. The lowest BCUT2D eigenvalue weighted by atomic mass is 9.83. The van der Waals surface area contributed by atoms with E-state index in [1.54, 1.807) is 20.8 Å². The fourth-order valence-corrected chi connectivity index (χ4v) is 6.85. The number of hydrogen-bond donors (Lipinski definition) is 4. The first kappa shape index (κ1) is 45.9. The number of nitrogens with zero attached hydrogens (tertiary/aromatic N) is 2. The first-order valence-corrected chi connectivity index (χ1v) is 19.8. The van der Waals surface area contributed by atoms with Gasteiger partial charge in [-0.25, -0.2) is 17.5 Å². The molecule has 1 heterocycles. The number of hydrogen-bond acceptors (Lipinski definition) is 8. The summed E-state index contributed by atoms with van der Waals surface area (Å²) in [4.78, 5) is 68.8. The lowest BCUT2D eigenvalue weighted by molar-refractivity contribution is -0.147. The lowest BCUT2D eigenvalue weighted by Crippen LogP contribution is -2.60. The Balaban J connectivity index is 2.47. The molecule has 0 aromatic heterocycles. The fourth-order valence-electron chi connectivity index (χ4n) is 6.43. The smallest absolute Gasteiger partial charge is 0.371 e. The largest absolute Gasteiger partial charge is 0.389 e. The van der Waals surface area contributed by atoms with E-state index < -0.39 is 99.9 Å². The van der Waals surface area contributed by atoms with Crippen molar-refractivity contribution in [3.8, 4) is 0 Å². The van der Waals surface area contributed by atoms with Crippen LogP contribution in [0.5, 0.6) is 0 Å². The standard InChI is InChI=1S/C35H59F3N6O8S/c1-10-18-39-30(47)28(45)24(16-17-35(36,37)38)40-29(46)25-19-23(52-34(5,6)7)20-44(25)31(48)27(22-14-12-11-13-15-22)42-32(49)41-26(33(2,3)4)21-43(8)53(9,50)51/h10,22-27H,1,11-21H2,2-9H3,(H,39,47)(H,40,46)(H2,41,42,49)/t23-,24-,25+,26-,27+/m1/s1. The first-order chi connectivity index (χ1) is 24.2. The van der Waals surface area contributed by atoms with Gasteiger partial charge in [0.05, 0.1) is 24.0 Å². The van der Waals surface area contributed by atoms with Gasteiger partial charge in [-0.3, -0.25) is 19.2 Å². The number of Topliss-reactive ketones (excluding diaryl/α,β-unsaturated/α-hetero) is 1. The van der Waals surface area contributed by atoms with Gasteiger partial charge in [-0.15, -0.1) is 6.58 Å². The summed E-state index contributed by atoms with van der Waals surface area (Å²) in [6.45, 7) is 14.0. The number of halogens is 3. The van der Waals surface area contributed by atoms with Gasteiger partial charge in [-0.1, -0.05) is 46.1 Å². The van der Waals surface area contributed by atoms with Crippen LogP contribution in [0.2, 0.25) is 0 Å². The molecule has 53 heavy (non-hydrogen) atoms. The third-order valence-corrected chi connectivity index (χ3v) is 10.7. The van der Waals surface area contributed by atoms with E-state index in [-0.39, 0.29) is 32.0 Å². The van der Waals surface area contributed by atoms with Crippen LogP contribution in [0.15, 0.2) is 12.7 Å². The Kier molecular flexibility index (Phi) is 16.3. The summed E-state index contributed by atoms with van der Waals surface area (Å²) in [5.41, 5.74) is -1.31. The predicted molar refractivity (Wildman–Crippen MR) is 193 cm³/mol. The number of carbonyl (C=O) groups excluding carboxylic acids is 5. The number of alkyl halides is 3. The number of likely N-dealkylation sites (N-methyl/N-ethyl adjacent to an activating group) is 1. The van der Waals surface area contributed by atoms with Gasteiger partial charge in [0.1, 0.15) is 12.1 Å². The van der Waals surface area contributed by atoms with Crippen LogP contribution in [-0.2, 0) is 33.9 Å². The minimum atomic E-state index is -4.69. The van der Waals surface area contributed by atoms with Crippen molar-refractivity contribution in [2.45, 2.75) is 135 Å². The highest BCUT2D eigenvalue weighted by molar-refractivity contribution is 7.88. The van der Waals surface area contributed by atoms with E-state index in [1.807, 2.05) is 20.8 Å². The van der Waals surface area contributed by atoms with Crippen molar-refractivity contribution in [2.24, 2.45) is 11.3 Å². The van der Waals surface area contributed by atoms with Crippen molar-refractivity contribution >= 4 is 39.6 Å². The Morgan fingerprint density at radius 3 is 2.09 bits per heavy atom. The number of rotatable bonds is 16. The van der Waals surface area contributed by atoms with E-state index in [1.165, 1.54) is 18.0 Å². The molecule has 1 saturated heterocycles. The summed E-state index contributed by atoms with van der Waals surface area (Å²) >= 11 is 0. The Morgan fingerprint density at radius 2 is 1.58 bits per heavy atom. The second-order valence-electron chi connectivity index (χ2n) is 16.1. The van der Waals surface area contributed by atoms with Crippen molar-refractivity contribution < 1.29 is 50.3 Å². The number of ketones is 1. The number of carbonyl (C=O) groups is 5. The van der Waals surface area contributed by atoms with E-state index in [4.69, 9.17) is 4.74 Å². The predicted octanol–water partition coefficient (Wildman–Crippen LogP) is 3.02. The zero-order chi connectivity index (χ0) is 40.5. The second-order valence-corrected chi connectivity index (χ2v) is 18.2. The van der Waals surface area contributed by atoms with Crippen molar-refractivity contribution in [3.63, 3.8) is 0 Å². The Bertz CT molecular complexity index is 1420. The van der Waals surface area contributed by atoms with Gasteiger partial charge >= 0.3 is 12.2 Å². The van der Waals surface area contributed by atoms with E-state index >= 15 is 0 Å².